The summed E-state index contributed by atoms with van der Waals surface area (Å²) in [4.78, 5) is 48.6. The van der Waals surface area contributed by atoms with Gasteiger partial charge < -0.3 is 25.4 Å². The zero-order valence-corrected chi connectivity index (χ0v) is 19.5. The molecule has 0 heterocycles. The van der Waals surface area contributed by atoms with Crippen molar-refractivity contribution in [3.05, 3.63) is 65.7 Å². The van der Waals surface area contributed by atoms with Crippen molar-refractivity contribution >= 4 is 23.7 Å². The lowest BCUT2D eigenvalue weighted by Gasteiger charge is -2.19. The van der Waals surface area contributed by atoms with Crippen molar-refractivity contribution < 1.29 is 28.7 Å². The van der Waals surface area contributed by atoms with E-state index >= 15 is 0 Å². The van der Waals surface area contributed by atoms with Crippen LogP contribution >= 0.6 is 0 Å². The van der Waals surface area contributed by atoms with Crippen molar-refractivity contribution in [2.45, 2.75) is 31.7 Å². The third-order valence-corrected chi connectivity index (χ3v) is 5.01. The van der Waals surface area contributed by atoms with Crippen LogP contribution in [0.3, 0.4) is 0 Å². The number of carbonyl (C=O) groups is 4. The number of carbonyl (C=O) groups excluding carboxylic acids is 4. The number of amides is 3. The third kappa shape index (κ3) is 9.32. The molecule has 9 nitrogen and oxygen atoms in total. The number of hydrogen-bond donors (Lipinski definition) is 3. The average molecular weight is 470 g/mol. The van der Waals surface area contributed by atoms with Crippen LogP contribution < -0.4 is 20.7 Å². The summed E-state index contributed by atoms with van der Waals surface area (Å²) in [5.41, 5.74) is 1.39. The molecule has 1 atom stereocenters. The van der Waals surface area contributed by atoms with E-state index < -0.39 is 12.0 Å². The summed E-state index contributed by atoms with van der Waals surface area (Å²) in [6.07, 6.45) is 0.909. The summed E-state index contributed by atoms with van der Waals surface area (Å²) in [5, 5.41) is 8.19. The molecule has 0 radical (unpaired) electrons. The molecule has 34 heavy (non-hydrogen) atoms. The highest BCUT2D eigenvalue weighted by molar-refractivity contribution is 5.94. The van der Waals surface area contributed by atoms with Crippen LogP contribution in [-0.4, -0.2) is 57.0 Å². The van der Waals surface area contributed by atoms with Crippen LogP contribution in [0.2, 0.25) is 0 Å². The molecule has 0 aromatic heterocycles. The van der Waals surface area contributed by atoms with Gasteiger partial charge >= 0.3 is 5.97 Å². The van der Waals surface area contributed by atoms with Crippen molar-refractivity contribution in [1.29, 1.82) is 0 Å². The maximum atomic E-state index is 12.6. The van der Waals surface area contributed by atoms with Crippen molar-refractivity contribution in [2.75, 3.05) is 27.3 Å². The smallest absolute Gasteiger partial charge is 0.307 e. The van der Waals surface area contributed by atoms with Gasteiger partial charge in [0.25, 0.3) is 5.91 Å². The summed E-state index contributed by atoms with van der Waals surface area (Å²) < 4.78 is 9.64. The van der Waals surface area contributed by atoms with E-state index in [0.29, 0.717) is 30.7 Å². The summed E-state index contributed by atoms with van der Waals surface area (Å²) in [5.74, 6) is -0.695. The monoisotopic (exact) mass is 469 g/mol. The molecule has 0 saturated carbocycles. The number of benzene rings is 2. The molecular weight excluding hydrogens is 438 g/mol. The Kier molecular flexibility index (Phi) is 11.1. The molecule has 9 heteroatoms. The molecule has 0 saturated heterocycles. The zero-order valence-electron chi connectivity index (χ0n) is 19.5. The van der Waals surface area contributed by atoms with Gasteiger partial charge in [0.2, 0.25) is 11.8 Å². The molecule has 0 spiro atoms. The molecule has 0 aliphatic heterocycles. The van der Waals surface area contributed by atoms with Gasteiger partial charge in [0.1, 0.15) is 11.8 Å². The second kappa shape index (κ2) is 14.3. The predicted molar refractivity (Wildman–Crippen MR) is 126 cm³/mol. The zero-order chi connectivity index (χ0) is 24.8. The molecule has 3 amide bonds. The first kappa shape index (κ1) is 26.4. The summed E-state index contributed by atoms with van der Waals surface area (Å²) in [7, 11) is 2.83. The second-order valence-electron chi connectivity index (χ2n) is 7.51. The average Bonchev–Trinajstić information content (AvgIpc) is 2.86. The summed E-state index contributed by atoms with van der Waals surface area (Å²) in [6.45, 7) is 0.428. The maximum absolute atomic E-state index is 12.6. The molecule has 0 unspecified atom stereocenters. The minimum Gasteiger partial charge on any atom is -0.497 e. The normalized spacial score (nSPS) is 11.1. The Morgan fingerprint density at radius 1 is 0.853 bits per heavy atom. The molecule has 0 aliphatic rings. The Labute approximate surface area is 199 Å². The van der Waals surface area contributed by atoms with E-state index in [1.165, 1.54) is 7.11 Å². The molecule has 2 aromatic rings. The van der Waals surface area contributed by atoms with Crippen molar-refractivity contribution in [1.82, 2.24) is 16.0 Å². The van der Waals surface area contributed by atoms with E-state index in [9.17, 15) is 19.2 Å². The number of rotatable bonds is 13. The Balaban J connectivity index is 1.82. The van der Waals surface area contributed by atoms with Crippen LogP contribution in [0.1, 0.15) is 35.2 Å². The molecule has 0 bridgehead atoms. The minimum absolute atomic E-state index is 0.0438. The van der Waals surface area contributed by atoms with E-state index in [0.717, 1.165) is 5.56 Å². The van der Waals surface area contributed by atoms with Crippen LogP contribution in [0.25, 0.3) is 0 Å². The van der Waals surface area contributed by atoms with Gasteiger partial charge in [0, 0.05) is 31.5 Å². The van der Waals surface area contributed by atoms with Crippen molar-refractivity contribution in [2.24, 2.45) is 0 Å². The van der Waals surface area contributed by atoms with Crippen molar-refractivity contribution in [3.8, 4) is 5.75 Å². The highest BCUT2D eigenvalue weighted by Gasteiger charge is 2.21. The minimum atomic E-state index is -0.790. The van der Waals surface area contributed by atoms with Gasteiger partial charge in [-0.15, -0.1) is 0 Å². The van der Waals surface area contributed by atoms with Gasteiger partial charge in [-0.05, 0) is 36.2 Å². The Bertz CT molecular complexity index is 947. The van der Waals surface area contributed by atoms with E-state index in [1.807, 2.05) is 30.3 Å². The SMILES string of the molecule is COC(=O)CCNC(=O)[C@@H](Cc1ccccc1)NC(=O)CCCNC(=O)c1ccc(OC)cc1. The van der Waals surface area contributed by atoms with Crippen LogP contribution in [0.5, 0.6) is 5.75 Å². The van der Waals surface area contributed by atoms with Gasteiger partial charge in [0.05, 0.1) is 20.6 Å². The van der Waals surface area contributed by atoms with Gasteiger partial charge in [-0.25, -0.2) is 0 Å². The molecule has 3 N–H and O–H groups in total. The van der Waals surface area contributed by atoms with Crippen LogP contribution in [-0.2, 0) is 25.5 Å². The van der Waals surface area contributed by atoms with E-state index in [4.69, 9.17) is 4.74 Å². The van der Waals surface area contributed by atoms with Gasteiger partial charge in [-0.2, -0.15) is 0 Å². The largest absolute Gasteiger partial charge is 0.497 e. The number of esters is 1. The van der Waals surface area contributed by atoms with Crippen LogP contribution in [0, 0.1) is 0 Å². The maximum Gasteiger partial charge on any atom is 0.307 e. The molecule has 0 aliphatic carbocycles. The lowest BCUT2D eigenvalue weighted by atomic mass is 10.0. The fraction of sp³-hybridized carbons (Fsp3) is 0.360. The van der Waals surface area contributed by atoms with Gasteiger partial charge in [0.15, 0.2) is 0 Å². The van der Waals surface area contributed by atoms with Gasteiger partial charge in [-0.1, -0.05) is 30.3 Å². The first-order chi connectivity index (χ1) is 16.4. The molecule has 0 fully saturated rings. The highest BCUT2D eigenvalue weighted by atomic mass is 16.5. The van der Waals surface area contributed by atoms with Gasteiger partial charge in [-0.3, -0.25) is 19.2 Å². The van der Waals surface area contributed by atoms with E-state index in [2.05, 4.69) is 20.7 Å². The Hall–Kier alpha value is -3.88. The fourth-order valence-electron chi connectivity index (χ4n) is 3.13. The second-order valence-corrected chi connectivity index (χ2v) is 7.51. The topological polar surface area (TPSA) is 123 Å². The first-order valence-electron chi connectivity index (χ1n) is 11.0. The summed E-state index contributed by atoms with van der Waals surface area (Å²) in [6, 6.07) is 15.3. The van der Waals surface area contributed by atoms with E-state index in [1.54, 1.807) is 31.4 Å². The standard InChI is InChI=1S/C25H31N3O6/c1-33-20-12-10-19(11-13-20)24(31)26-15-6-9-22(29)28-21(17-18-7-4-3-5-8-18)25(32)27-16-14-23(30)34-2/h3-5,7-8,10-13,21H,6,9,14-17H2,1-2H3,(H,26,31)(H,27,32)(H,28,29)/t21-/m1/s1. The lowest BCUT2D eigenvalue weighted by Crippen LogP contribution is -2.48. The lowest BCUT2D eigenvalue weighted by molar-refractivity contribution is -0.140. The van der Waals surface area contributed by atoms with Crippen LogP contribution in [0.15, 0.2) is 54.6 Å². The number of hydrogen-bond acceptors (Lipinski definition) is 6. The molecule has 2 aromatic carbocycles. The fourth-order valence-corrected chi connectivity index (χ4v) is 3.13. The Morgan fingerprint density at radius 2 is 1.56 bits per heavy atom. The quantitative estimate of drug-likeness (QED) is 0.303. The highest BCUT2D eigenvalue weighted by Crippen LogP contribution is 2.11. The predicted octanol–water partition coefficient (Wildman–Crippen LogP) is 1.61. The van der Waals surface area contributed by atoms with Crippen molar-refractivity contribution in [3.63, 3.8) is 0 Å². The third-order valence-electron chi connectivity index (χ3n) is 5.01. The Morgan fingerprint density at radius 3 is 2.21 bits per heavy atom. The molecular formula is C25H31N3O6. The first-order valence-corrected chi connectivity index (χ1v) is 11.0. The number of methoxy groups -OCH3 is 2. The number of nitrogens with one attached hydrogen (secondary N) is 3. The number of ether oxygens (including phenoxy) is 2. The van der Waals surface area contributed by atoms with E-state index in [-0.39, 0.29) is 37.1 Å². The molecule has 182 valence electrons. The van der Waals surface area contributed by atoms with Crippen LogP contribution in [0.4, 0.5) is 0 Å². The summed E-state index contributed by atoms with van der Waals surface area (Å²) >= 11 is 0. The molecule has 2 rings (SSSR count).